The second-order valence-corrected chi connectivity index (χ2v) is 4.97. The maximum absolute atomic E-state index is 6.39. The Morgan fingerprint density at radius 1 is 1.44 bits per heavy atom. The van der Waals surface area contributed by atoms with Gasteiger partial charge in [0.15, 0.2) is 0 Å². The molecule has 1 atom stereocenters. The van der Waals surface area contributed by atoms with Gasteiger partial charge in [-0.15, -0.1) is 0 Å². The van der Waals surface area contributed by atoms with Crippen molar-refractivity contribution in [3.8, 4) is 0 Å². The normalized spacial score (nSPS) is 19.2. The first-order chi connectivity index (χ1) is 7.54. The summed E-state index contributed by atoms with van der Waals surface area (Å²) < 4.78 is 5.38. The minimum absolute atomic E-state index is 0.00394. The number of nitrogens with zero attached hydrogens (tertiary/aromatic N) is 1. The molecule has 1 heterocycles. The van der Waals surface area contributed by atoms with Crippen molar-refractivity contribution in [2.75, 3.05) is 19.7 Å². The van der Waals surface area contributed by atoms with Gasteiger partial charge in [0.05, 0.1) is 12.9 Å². The summed E-state index contributed by atoms with van der Waals surface area (Å²) in [4.78, 5) is 2.41. The zero-order chi connectivity index (χ0) is 12.2. The second kappa shape index (κ2) is 5.69. The molecule has 0 aromatic heterocycles. The lowest BCUT2D eigenvalue weighted by atomic mass is 9.85. The summed E-state index contributed by atoms with van der Waals surface area (Å²) in [5.41, 5.74) is 7.64. The van der Waals surface area contributed by atoms with Gasteiger partial charge in [-0.2, -0.15) is 0 Å². The van der Waals surface area contributed by atoms with Crippen LogP contribution in [0.3, 0.4) is 0 Å². The Kier molecular flexibility index (Phi) is 4.81. The summed E-state index contributed by atoms with van der Waals surface area (Å²) in [6.45, 7) is 11.7. The van der Waals surface area contributed by atoms with E-state index in [-0.39, 0.29) is 11.6 Å². The van der Waals surface area contributed by atoms with Crippen LogP contribution in [0.2, 0.25) is 0 Å². The fourth-order valence-electron chi connectivity index (χ4n) is 2.50. The molecule has 1 unspecified atom stereocenters. The van der Waals surface area contributed by atoms with E-state index in [1.165, 1.54) is 5.57 Å². The van der Waals surface area contributed by atoms with E-state index < -0.39 is 0 Å². The zero-order valence-corrected chi connectivity index (χ0v) is 11.1. The van der Waals surface area contributed by atoms with Crippen molar-refractivity contribution in [1.82, 2.24) is 4.90 Å². The predicted octanol–water partition coefficient (Wildman–Crippen LogP) is 2.13. The highest BCUT2D eigenvalue weighted by atomic mass is 16.5. The summed E-state index contributed by atoms with van der Waals surface area (Å²) in [7, 11) is 0. The average Bonchev–Trinajstić information content (AvgIpc) is 2.30. The van der Waals surface area contributed by atoms with Crippen LogP contribution in [0.4, 0.5) is 0 Å². The zero-order valence-electron chi connectivity index (χ0n) is 11.1. The quantitative estimate of drug-likeness (QED) is 0.780. The lowest BCUT2D eigenvalue weighted by molar-refractivity contribution is 0.111. The first-order valence-corrected chi connectivity index (χ1v) is 6.35. The Bertz CT molecular complexity index is 244. The summed E-state index contributed by atoms with van der Waals surface area (Å²) in [6.07, 6.45) is 4.04. The molecule has 0 saturated heterocycles. The van der Waals surface area contributed by atoms with E-state index in [0.717, 1.165) is 32.5 Å². The van der Waals surface area contributed by atoms with Crippen LogP contribution in [0.5, 0.6) is 0 Å². The average molecular weight is 226 g/mol. The third-order valence-corrected chi connectivity index (χ3v) is 3.70. The van der Waals surface area contributed by atoms with Crippen LogP contribution in [0.15, 0.2) is 11.8 Å². The highest BCUT2D eigenvalue weighted by Crippen LogP contribution is 2.26. The highest BCUT2D eigenvalue weighted by molar-refractivity contribution is 5.16. The topological polar surface area (TPSA) is 38.5 Å². The number of rotatable bonds is 5. The van der Waals surface area contributed by atoms with Gasteiger partial charge < -0.3 is 10.5 Å². The Morgan fingerprint density at radius 3 is 2.50 bits per heavy atom. The van der Waals surface area contributed by atoms with E-state index in [0.29, 0.717) is 0 Å². The van der Waals surface area contributed by atoms with E-state index in [4.69, 9.17) is 10.5 Å². The molecule has 0 saturated carbocycles. The first kappa shape index (κ1) is 13.5. The monoisotopic (exact) mass is 226 g/mol. The summed E-state index contributed by atoms with van der Waals surface area (Å²) >= 11 is 0. The molecular formula is C13H26N2O. The van der Waals surface area contributed by atoms with Crippen molar-refractivity contribution in [2.45, 2.75) is 52.1 Å². The van der Waals surface area contributed by atoms with Crippen LogP contribution in [-0.2, 0) is 4.74 Å². The number of ether oxygens (including phenoxy) is 1. The summed E-state index contributed by atoms with van der Waals surface area (Å²) in [5.74, 6) is 0. The Morgan fingerprint density at radius 2 is 2.06 bits per heavy atom. The number of likely N-dealkylation sites (N-methyl/N-ethyl adjacent to an activating group) is 1. The lowest BCUT2D eigenvalue weighted by Crippen LogP contribution is -2.56. The molecule has 94 valence electrons. The van der Waals surface area contributed by atoms with Gasteiger partial charge in [-0.3, -0.25) is 4.90 Å². The van der Waals surface area contributed by atoms with Gasteiger partial charge in [-0.25, -0.2) is 0 Å². The number of hydrogen-bond donors (Lipinski definition) is 1. The van der Waals surface area contributed by atoms with Crippen LogP contribution in [-0.4, -0.2) is 36.2 Å². The standard InChI is InChI=1S/C13H26N2O/c1-5-15(6-2)13(3,4)12(14)11-8-7-9-16-10-11/h10,12H,5-9,14H2,1-4H3. The molecule has 16 heavy (non-hydrogen) atoms. The van der Waals surface area contributed by atoms with Gasteiger partial charge >= 0.3 is 0 Å². The molecule has 0 aromatic carbocycles. The molecule has 0 amide bonds. The molecule has 0 aliphatic carbocycles. The van der Waals surface area contributed by atoms with Gasteiger partial charge in [-0.1, -0.05) is 13.8 Å². The van der Waals surface area contributed by atoms with Crippen LogP contribution < -0.4 is 5.73 Å². The molecule has 1 aliphatic heterocycles. The molecular weight excluding hydrogens is 200 g/mol. The lowest BCUT2D eigenvalue weighted by Gasteiger charge is -2.43. The smallest absolute Gasteiger partial charge is 0.0876 e. The van der Waals surface area contributed by atoms with Gasteiger partial charge in [0.2, 0.25) is 0 Å². The van der Waals surface area contributed by atoms with E-state index in [1.54, 1.807) is 0 Å². The molecule has 1 aliphatic rings. The minimum Gasteiger partial charge on any atom is -0.501 e. The maximum Gasteiger partial charge on any atom is 0.0876 e. The van der Waals surface area contributed by atoms with Gasteiger partial charge in [-0.05, 0) is 45.4 Å². The van der Waals surface area contributed by atoms with Crippen molar-refractivity contribution >= 4 is 0 Å². The molecule has 0 fully saturated rings. The van der Waals surface area contributed by atoms with Crippen LogP contribution in [0.1, 0.15) is 40.5 Å². The summed E-state index contributed by atoms with van der Waals surface area (Å²) in [6, 6.07) is 0.0627. The Labute approximate surface area is 99.6 Å². The third-order valence-electron chi connectivity index (χ3n) is 3.70. The first-order valence-electron chi connectivity index (χ1n) is 6.35. The maximum atomic E-state index is 6.39. The number of nitrogens with two attached hydrogens (primary N) is 1. The van der Waals surface area contributed by atoms with E-state index in [1.807, 2.05) is 6.26 Å². The van der Waals surface area contributed by atoms with Crippen LogP contribution in [0.25, 0.3) is 0 Å². The molecule has 2 N–H and O–H groups in total. The van der Waals surface area contributed by atoms with E-state index in [2.05, 4.69) is 32.6 Å². The predicted molar refractivity (Wildman–Crippen MR) is 68.2 cm³/mol. The van der Waals surface area contributed by atoms with Crippen LogP contribution >= 0.6 is 0 Å². The molecule has 0 aromatic rings. The van der Waals surface area contributed by atoms with E-state index in [9.17, 15) is 0 Å². The third kappa shape index (κ3) is 2.77. The SMILES string of the molecule is CCN(CC)C(C)(C)C(N)C1=COCCC1. The molecule has 0 bridgehead atoms. The molecule has 0 radical (unpaired) electrons. The number of hydrogen-bond acceptors (Lipinski definition) is 3. The van der Waals surface area contributed by atoms with Gasteiger partial charge in [0.1, 0.15) is 0 Å². The summed E-state index contributed by atoms with van der Waals surface area (Å²) in [5, 5.41) is 0. The van der Waals surface area contributed by atoms with Crippen molar-refractivity contribution < 1.29 is 4.74 Å². The molecule has 1 rings (SSSR count). The second-order valence-electron chi connectivity index (χ2n) is 4.97. The fraction of sp³-hybridized carbons (Fsp3) is 0.846. The fourth-order valence-corrected chi connectivity index (χ4v) is 2.50. The van der Waals surface area contributed by atoms with Gasteiger partial charge in [0, 0.05) is 11.6 Å². The van der Waals surface area contributed by atoms with Crippen molar-refractivity contribution in [3.05, 3.63) is 11.8 Å². The molecule has 3 heteroatoms. The largest absolute Gasteiger partial charge is 0.501 e. The molecule has 3 nitrogen and oxygen atoms in total. The highest BCUT2D eigenvalue weighted by Gasteiger charge is 2.34. The van der Waals surface area contributed by atoms with E-state index >= 15 is 0 Å². The molecule has 0 spiro atoms. The van der Waals surface area contributed by atoms with Crippen LogP contribution in [0, 0.1) is 0 Å². The Hall–Kier alpha value is -0.540. The van der Waals surface area contributed by atoms with Gasteiger partial charge in [0.25, 0.3) is 0 Å². The minimum atomic E-state index is -0.00394. The van der Waals surface area contributed by atoms with Crippen molar-refractivity contribution in [2.24, 2.45) is 5.73 Å². The van der Waals surface area contributed by atoms with Crippen molar-refractivity contribution in [1.29, 1.82) is 0 Å². The Balaban J connectivity index is 2.76. The van der Waals surface area contributed by atoms with Crippen molar-refractivity contribution in [3.63, 3.8) is 0 Å².